The van der Waals surface area contributed by atoms with Crippen LogP contribution in [-0.2, 0) is 19.1 Å². The number of ether oxygens (including phenoxy) is 2. The topological polar surface area (TPSA) is 87.5 Å². The lowest BCUT2D eigenvalue weighted by atomic mass is 10.1. The number of hydrogen-bond acceptors (Lipinski definition) is 6. The van der Waals surface area contributed by atoms with Gasteiger partial charge in [-0.05, 0) is 50.2 Å². The van der Waals surface area contributed by atoms with Crippen LogP contribution < -0.4 is 5.56 Å². The zero-order chi connectivity index (χ0) is 21.0. The number of para-hydroxylation sites is 2. The van der Waals surface area contributed by atoms with Gasteiger partial charge in [-0.15, -0.1) is 0 Å². The number of carbonyl (C=O) groups is 2. The minimum Gasteiger partial charge on any atom is -0.465 e. The Kier molecular flexibility index (Phi) is 6.29. The highest BCUT2D eigenvalue weighted by molar-refractivity contribution is 6.30. The number of rotatable bonds is 6. The number of fused-ring (bicyclic) bond motifs is 1. The molecule has 0 saturated carbocycles. The molecule has 1 aromatic heterocycles. The van der Waals surface area contributed by atoms with E-state index in [4.69, 9.17) is 21.1 Å². The largest absolute Gasteiger partial charge is 0.465 e. The molecule has 0 bridgehead atoms. The van der Waals surface area contributed by atoms with Crippen molar-refractivity contribution in [3.05, 3.63) is 69.6 Å². The lowest BCUT2D eigenvalue weighted by Gasteiger charge is -2.17. The van der Waals surface area contributed by atoms with Gasteiger partial charge in [0.15, 0.2) is 0 Å². The SMILES string of the molecule is CCOC(=O)C(C(=O)OCC)c1nc2ccccc2n(-c2ccc(Cl)cc2)c1=O. The Morgan fingerprint density at radius 3 is 2.17 bits per heavy atom. The fourth-order valence-electron chi connectivity index (χ4n) is 2.95. The van der Waals surface area contributed by atoms with Crippen molar-refractivity contribution in [3.8, 4) is 5.69 Å². The van der Waals surface area contributed by atoms with Crippen molar-refractivity contribution in [1.82, 2.24) is 9.55 Å². The molecule has 0 saturated heterocycles. The Morgan fingerprint density at radius 1 is 1.00 bits per heavy atom. The zero-order valence-electron chi connectivity index (χ0n) is 15.9. The smallest absolute Gasteiger partial charge is 0.326 e. The van der Waals surface area contributed by atoms with Gasteiger partial charge in [0.05, 0.1) is 24.2 Å². The highest BCUT2D eigenvalue weighted by Crippen LogP contribution is 2.22. The molecule has 0 spiro atoms. The molecule has 0 atom stereocenters. The molecular weight excluding hydrogens is 396 g/mol. The number of carbonyl (C=O) groups excluding carboxylic acids is 2. The van der Waals surface area contributed by atoms with Gasteiger partial charge in [0.25, 0.3) is 5.56 Å². The van der Waals surface area contributed by atoms with Gasteiger partial charge in [-0.1, -0.05) is 23.7 Å². The van der Waals surface area contributed by atoms with E-state index in [1.165, 1.54) is 4.57 Å². The monoisotopic (exact) mass is 414 g/mol. The summed E-state index contributed by atoms with van der Waals surface area (Å²) in [6, 6.07) is 13.6. The van der Waals surface area contributed by atoms with Crippen LogP contribution in [0.15, 0.2) is 53.3 Å². The molecule has 150 valence electrons. The van der Waals surface area contributed by atoms with Gasteiger partial charge in [-0.2, -0.15) is 0 Å². The van der Waals surface area contributed by atoms with Crippen molar-refractivity contribution in [2.75, 3.05) is 13.2 Å². The molecule has 0 fully saturated rings. The van der Waals surface area contributed by atoms with Gasteiger partial charge in [0.1, 0.15) is 5.69 Å². The first-order chi connectivity index (χ1) is 14.0. The molecular formula is C21H19ClN2O5. The van der Waals surface area contributed by atoms with Gasteiger partial charge in [0.2, 0.25) is 5.92 Å². The van der Waals surface area contributed by atoms with Gasteiger partial charge >= 0.3 is 11.9 Å². The molecule has 29 heavy (non-hydrogen) atoms. The van der Waals surface area contributed by atoms with Crippen LogP contribution in [0.2, 0.25) is 5.02 Å². The van der Waals surface area contributed by atoms with Crippen LogP contribution in [0.4, 0.5) is 0 Å². The van der Waals surface area contributed by atoms with Gasteiger partial charge < -0.3 is 9.47 Å². The molecule has 0 aliphatic rings. The van der Waals surface area contributed by atoms with Crippen LogP contribution in [0.25, 0.3) is 16.7 Å². The number of aromatic nitrogens is 2. The van der Waals surface area contributed by atoms with E-state index in [2.05, 4.69) is 4.98 Å². The average Bonchev–Trinajstić information content (AvgIpc) is 2.70. The lowest BCUT2D eigenvalue weighted by molar-refractivity contribution is -0.157. The first-order valence-corrected chi connectivity index (χ1v) is 9.46. The number of nitrogens with zero attached hydrogens (tertiary/aromatic N) is 2. The second kappa shape index (κ2) is 8.87. The molecule has 0 aliphatic carbocycles. The summed E-state index contributed by atoms with van der Waals surface area (Å²) in [5.74, 6) is -3.34. The Hall–Kier alpha value is -3.19. The summed E-state index contributed by atoms with van der Waals surface area (Å²) >= 11 is 5.97. The van der Waals surface area contributed by atoms with Gasteiger partial charge in [-0.25, -0.2) is 4.98 Å². The molecule has 0 N–H and O–H groups in total. The third kappa shape index (κ3) is 4.14. The van der Waals surface area contributed by atoms with Crippen LogP contribution in [-0.4, -0.2) is 34.7 Å². The van der Waals surface area contributed by atoms with Crippen LogP contribution >= 0.6 is 11.6 Å². The molecule has 3 rings (SSSR count). The third-order valence-corrected chi connectivity index (χ3v) is 4.44. The number of benzene rings is 2. The summed E-state index contributed by atoms with van der Waals surface area (Å²) in [6.07, 6.45) is 0. The number of hydrogen-bond donors (Lipinski definition) is 0. The molecule has 1 heterocycles. The summed E-state index contributed by atoms with van der Waals surface area (Å²) in [5, 5.41) is 0.510. The zero-order valence-corrected chi connectivity index (χ0v) is 16.7. The van der Waals surface area contributed by atoms with Crippen LogP contribution in [0.5, 0.6) is 0 Å². The van der Waals surface area contributed by atoms with Crippen LogP contribution in [0, 0.1) is 0 Å². The third-order valence-electron chi connectivity index (χ3n) is 4.19. The molecule has 0 unspecified atom stereocenters. The van der Waals surface area contributed by atoms with Crippen molar-refractivity contribution < 1.29 is 19.1 Å². The Balaban J connectivity index is 2.31. The van der Waals surface area contributed by atoms with Crippen molar-refractivity contribution in [1.29, 1.82) is 0 Å². The van der Waals surface area contributed by atoms with Crippen LogP contribution in [0.3, 0.4) is 0 Å². The summed E-state index contributed by atoms with van der Waals surface area (Å²) in [6.45, 7) is 3.32. The summed E-state index contributed by atoms with van der Waals surface area (Å²) in [4.78, 5) is 42.7. The molecule has 0 aliphatic heterocycles. The standard InChI is InChI=1S/C21H19ClN2O5/c1-3-28-20(26)17(21(27)29-4-2)18-19(25)24(14-11-9-13(22)10-12-14)16-8-6-5-7-15(16)23-18/h5-12,17H,3-4H2,1-2H3. The number of halogens is 1. The van der Waals surface area contributed by atoms with Crippen molar-refractivity contribution in [2.45, 2.75) is 19.8 Å². The number of esters is 2. The average molecular weight is 415 g/mol. The normalized spacial score (nSPS) is 10.9. The van der Waals surface area contributed by atoms with Gasteiger partial charge in [0, 0.05) is 10.7 Å². The minimum absolute atomic E-state index is 0.0493. The maximum Gasteiger partial charge on any atom is 0.326 e. The van der Waals surface area contributed by atoms with E-state index in [9.17, 15) is 14.4 Å². The van der Waals surface area contributed by atoms with E-state index < -0.39 is 23.4 Å². The van der Waals surface area contributed by atoms with Crippen molar-refractivity contribution >= 4 is 34.6 Å². The highest BCUT2D eigenvalue weighted by atomic mass is 35.5. The molecule has 8 heteroatoms. The van der Waals surface area contributed by atoms with Gasteiger partial charge in [-0.3, -0.25) is 19.0 Å². The molecule has 2 aromatic carbocycles. The van der Waals surface area contributed by atoms with E-state index in [-0.39, 0.29) is 18.9 Å². The second-order valence-electron chi connectivity index (χ2n) is 6.04. The quantitative estimate of drug-likeness (QED) is 0.454. The second-order valence-corrected chi connectivity index (χ2v) is 6.48. The predicted octanol–water partition coefficient (Wildman–Crippen LogP) is 3.25. The summed E-state index contributed by atoms with van der Waals surface area (Å²) in [7, 11) is 0. The Morgan fingerprint density at radius 2 is 1.59 bits per heavy atom. The molecule has 3 aromatic rings. The first kappa shape index (κ1) is 20.5. The highest BCUT2D eigenvalue weighted by Gasteiger charge is 2.36. The predicted molar refractivity (Wildman–Crippen MR) is 108 cm³/mol. The Bertz CT molecular complexity index is 1090. The minimum atomic E-state index is -1.58. The van der Waals surface area contributed by atoms with E-state index >= 15 is 0 Å². The lowest BCUT2D eigenvalue weighted by Crippen LogP contribution is -2.35. The van der Waals surface area contributed by atoms with E-state index in [0.29, 0.717) is 21.7 Å². The van der Waals surface area contributed by atoms with E-state index in [1.54, 1.807) is 62.4 Å². The molecule has 7 nitrogen and oxygen atoms in total. The van der Waals surface area contributed by atoms with Crippen molar-refractivity contribution in [3.63, 3.8) is 0 Å². The van der Waals surface area contributed by atoms with E-state index in [0.717, 1.165) is 0 Å². The maximum absolute atomic E-state index is 13.4. The fraction of sp³-hybridized carbons (Fsp3) is 0.238. The molecule has 0 radical (unpaired) electrons. The van der Waals surface area contributed by atoms with E-state index in [1.807, 2.05) is 0 Å². The van der Waals surface area contributed by atoms with Crippen molar-refractivity contribution in [2.24, 2.45) is 0 Å². The first-order valence-electron chi connectivity index (χ1n) is 9.08. The molecule has 0 amide bonds. The summed E-state index contributed by atoms with van der Waals surface area (Å²) in [5.41, 5.74) is 0.615. The maximum atomic E-state index is 13.4. The summed E-state index contributed by atoms with van der Waals surface area (Å²) < 4.78 is 11.4. The Labute approximate surface area is 171 Å². The van der Waals surface area contributed by atoms with Crippen LogP contribution in [0.1, 0.15) is 25.5 Å². The fourth-order valence-corrected chi connectivity index (χ4v) is 3.08.